The summed E-state index contributed by atoms with van der Waals surface area (Å²) in [6.07, 6.45) is -5.95. The Morgan fingerprint density at radius 3 is 2.18 bits per heavy atom. The fourth-order valence-corrected chi connectivity index (χ4v) is 3.56. The summed E-state index contributed by atoms with van der Waals surface area (Å²) >= 11 is 6.35. The van der Waals surface area contributed by atoms with Gasteiger partial charge in [-0.3, -0.25) is 0 Å². The first-order chi connectivity index (χ1) is 15.7. The summed E-state index contributed by atoms with van der Waals surface area (Å²) in [5.41, 5.74) is 2.49. The predicted molar refractivity (Wildman–Crippen MR) is 123 cm³/mol. The Morgan fingerprint density at radius 1 is 1.00 bits per heavy atom. The van der Waals surface area contributed by atoms with Gasteiger partial charge in [-0.25, -0.2) is 0 Å². The van der Waals surface area contributed by atoms with Crippen LogP contribution in [0.3, 0.4) is 0 Å². The summed E-state index contributed by atoms with van der Waals surface area (Å²) in [5.74, 6) is 0.799. The molecule has 1 saturated heterocycles. The fourth-order valence-electron chi connectivity index (χ4n) is 3.37. The minimum Gasteiger partial charge on any atom is -0.494 e. The van der Waals surface area contributed by atoms with Gasteiger partial charge in [0.15, 0.2) is 0 Å². The Morgan fingerprint density at radius 2 is 1.64 bits per heavy atom. The molecule has 9 heteroatoms. The zero-order valence-electron chi connectivity index (χ0n) is 18.7. The molecule has 0 spiro atoms. The predicted octanol–water partition coefficient (Wildman–Crippen LogP) is 1.20. The zero-order chi connectivity index (χ0) is 24.5. The van der Waals surface area contributed by atoms with Crippen molar-refractivity contribution in [3.63, 3.8) is 0 Å². The minimum atomic E-state index is -1.42. The molecule has 0 aliphatic carbocycles. The molecule has 1 heterocycles. The number of aliphatic hydroxyl groups excluding tert-OH is 6. The molecule has 33 heavy (non-hydrogen) atoms. The summed E-state index contributed by atoms with van der Waals surface area (Å²) in [5, 5.41) is 56.3. The second-order valence-corrected chi connectivity index (χ2v) is 8.29. The first kappa shape index (κ1) is 27.5. The standard InChI is InChI=1S/C21H25ClO6.C3H8O2/c1-2-27-15-6-3-12(4-7-15)9-14-10-13(5-8-16(14)22)21-20(26)19(25)18(24)17(11-23)28-21;1-3(5)2-4/h3-8,10,17-21,23-26H,2,9,11H2,1H3;3-5H,2H2,1H3/t17-,18-,19+,20-,21+;/m1./s1. The number of rotatable bonds is 7. The lowest BCUT2D eigenvalue weighted by Crippen LogP contribution is -2.55. The number of aliphatic hydroxyl groups is 6. The van der Waals surface area contributed by atoms with Gasteiger partial charge in [-0.2, -0.15) is 0 Å². The third-order valence-corrected chi connectivity index (χ3v) is 5.55. The molecule has 8 nitrogen and oxygen atoms in total. The first-order valence-electron chi connectivity index (χ1n) is 10.8. The lowest BCUT2D eigenvalue weighted by molar-refractivity contribution is -0.231. The molecule has 2 aromatic carbocycles. The van der Waals surface area contributed by atoms with Gasteiger partial charge in [0.2, 0.25) is 0 Å². The highest BCUT2D eigenvalue weighted by Gasteiger charge is 2.44. The van der Waals surface area contributed by atoms with E-state index < -0.39 is 43.2 Å². The summed E-state index contributed by atoms with van der Waals surface area (Å²) < 4.78 is 11.1. The van der Waals surface area contributed by atoms with Gasteiger partial charge in [0.25, 0.3) is 0 Å². The minimum absolute atomic E-state index is 0.139. The molecule has 6 N–H and O–H groups in total. The highest BCUT2D eigenvalue weighted by atomic mass is 35.5. The van der Waals surface area contributed by atoms with E-state index in [-0.39, 0.29) is 6.61 Å². The number of hydrogen-bond acceptors (Lipinski definition) is 8. The van der Waals surface area contributed by atoms with Gasteiger partial charge in [0.1, 0.15) is 36.3 Å². The van der Waals surface area contributed by atoms with E-state index in [9.17, 15) is 20.4 Å². The van der Waals surface area contributed by atoms with E-state index in [1.807, 2.05) is 37.3 Å². The smallest absolute Gasteiger partial charge is 0.119 e. The van der Waals surface area contributed by atoms with Crippen LogP contribution >= 0.6 is 11.6 Å². The SMILES string of the molecule is CC(O)CO.CCOc1ccc(Cc2cc([C@@H]3O[C@H](CO)[C@@H](O)[C@H](O)[C@H]3O)ccc2Cl)cc1. The average molecular weight is 485 g/mol. The van der Waals surface area contributed by atoms with Crippen LogP contribution in [-0.2, 0) is 11.2 Å². The van der Waals surface area contributed by atoms with Crippen molar-refractivity contribution in [2.75, 3.05) is 19.8 Å². The molecule has 0 amide bonds. The average Bonchev–Trinajstić information content (AvgIpc) is 2.81. The lowest BCUT2D eigenvalue weighted by atomic mass is 9.90. The lowest BCUT2D eigenvalue weighted by Gasteiger charge is -2.40. The molecule has 184 valence electrons. The molecule has 0 bridgehead atoms. The van der Waals surface area contributed by atoms with Gasteiger partial charge in [-0.1, -0.05) is 35.9 Å². The van der Waals surface area contributed by atoms with Crippen LogP contribution in [0.4, 0.5) is 0 Å². The maximum Gasteiger partial charge on any atom is 0.119 e. The first-order valence-corrected chi connectivity index (χ1v) is 11.2. The van der Waals surface area contributed by atoms with Crippen LogP contribution in [-0.4, -0.2) is 81.0 Å². The van der Waals surface area contributed by atoms with Gasteiger partial charge in [-0.15, -0.1) is 0 Å². The van der Waals surface area contributed by atoms with Crippen molar-refractivity contribution in [1.82, 2.24) is 0 Å². The van der Waals surface area contributed by atoms with Crippen molar-refractivity contribution in [1.29, 1.82) is 0 Å². The Labute approximate surface area is 198 Å². The molecular weight excluding hydrogens is 452 g/mol. The monoisotopic (exact) mass is 484 g/mol. The Kier molecular flexibility index (Phi) is 11.0. The van der Waals surface area contributed by atoms with Gasteiger partial charge >= 0.3 is 0 Å². The third-order valence-electron chi connectivity index (χ3n) is 5.18. The van der Waals surface area contributed by atoms with E-state index >= 15 is 0 Å². The van der Waals surface area contributed by atoms with E-state index in [4.69, 9.17) is 31.3 Å². The van der Waals surface area contributed by atoms with E-state index in [1.165, 1.54) is 6.92 Å². The topological polar surface area (TPSA) is 140 Å². The molecule has 1 aliphatic rings. The molecule has 0 radical (unpaired) electrons. The van der Waals surface area contributed by atoms with Crippen molar-refractivity contribution in [2.45, 2.75) is 56.9 Å². The zero-order valence-corrected chi connectivity index (χ0v) is 19.5. The molecule has 6 atom stereocenters. The maximum absolute atomic E-state index is 10.3. The summed E-state index contributed by atoms with van der Waals surface area (Å²) in [4.78, 5) is 0. The molecule has 0 saturated carbocycles. The van der Waals surface area contributed by atoms with Gasteiger partial charge in [0.05, 0.1) is 25.9 Å². The quantitative estimate of drug-likeness (QED) is 0.344. The largest absolute Gasteiger partial charge is 0.494 e. The second kappa shape index (κ2) is 13.2. The number of ether oxygens (including phenoxy) is 2. The Balaban J connectivity index is 0.000000696. The molecule has 2 aromatic rings. The van der Waals surface area contributed by atoms with Crippen LogP contribution in [0.5, 0.6) is 5.75 Å². The van der Waals surface area contributed by atoms with Crippen LogP contribution in [0, 0.1) is 0 Å². The van der Waals surface area contributed by atoms with Crippen LogP contribution in [0.1, 0.15) is 36.6 Å². The number of halogens is 1. The molecule has 0 aromatic heterocycles. The van der Waals surface area contributed by atoms with E-state index in [0.717, 1.165) is 16.9 Å². The van der Waals surface area contributed by atoms with Crippen molar-refractivity contribution in [2.24, 2.45) is 0 Å². The highest BCUT2D eigenvalue weighted by Crippen LogP contribution is 2.34. The van der Waals surface area contributed by atoms with E-state index in [1.54, 1.807) is 12.1 Å². The third kappa shape index (κ3) is 7.63. The molecular formula is C24H33ClO8. The van der Waals surface area contributed by atoms with Gasteiger partial charge in [0, 0.05) is 5.02 Å². The van der Waals surface area contributed by atoms with E-state index in [2.05, 4.69) is 0 Å². The van der Waals surface area contributed by atoms with Crippen molar-refractivity contribution >= 4 is 11.6 Å². The highest BCUT2D eigenvalue weighted by molar-refractivity contribution is 6.31. The van der Waals surface area contributed by atoms with Crippen LogP contribution in [0.15, 0.2) is 42.5 Å². The van der Waals surface area contributed by atoms with Crippen molar-refractivity contribution in [3.05, 3.63) is 64.2 Å². The second-order valence-electron chi connectivity index (χ2n) is 7.89. The summed E-state index contributed by atoms with van der Waals surface area (Å²) in [6.45, 7) is 3.46. The maximum atomic E-state index is 10.3. The van der Waals surface area contributed by atoms with Crippen LogP contribution in [0.25, 0.3) is 0 Å². The van der Waals surface area contributed by atoms with Crippen molar-refractivity contribution in [3.8, 4) is 5.75 Å². The van der Waals surface area contributed by atoms with Crippen molar-refractivity contribution < 1.29 is 40.1 Å². The Hall–Kier alpha value is -1.75. The molecule has 3 rings (SSSR count). The van der Waals surface area contributed by atoms with Gasteiger partial charge in [-0.05, 0) is 55.2 Å². The molecule has 1 fully saturated rings. The van der Waals surface area contributed by atoms with E-state index in [0.29, 0.717) is 23.6 Å². The number of hydrogen-bond donors (Lipinski definition) is 6. The van der Waals surface area contributed by atoms with Crippen LogP contribution in [0.2, 0.25) is 5.02 Å². The normalized spacial score (nSPS) is 25.7. The Bertz CT molecular complexity index is 843. The summed E-state index contributed by atoms with van der Waals surface area (Å²) in [6, 6.07) is 12.9. The van der Waals surface area contributed by atoms with Gasteiger partial charge < -0.3 is 40.1 Å². The summed E-state index contributed by atoms with van der Waals surface area (Å²) in [7, 11) is 0. The fraction of sp³-hybridized carbons (Fsp3) is 0.500. The molecule has 1 unspecified atom stereocenters. The number of benzene rings is 2. The van der Waals surface area contributed by atoms with Crippen LogP contribution < -0.4 is 4.74 Å². The molecule has 1 aliphatic heterocycles.